The Hall–Kier alpha value is -0.870. The third-order valence-electron chi connectivity index (χ3n) is 3.48. The third kappa shape index (κ3) is 3.33. The largest absolute Gasteiger partial charge is 0.323 e. The Morgan fingerprint density at radius 2 is 1.83 bits per heavy atom. The van der Waals surface area contributed by atoms with Crippen LogP contribution in [0, 0.1) is 13.8 Å². The van der Waals surface area contributed by atoms with Gasteiger partial charge in [-0.2, -0.15) is 0 Å². The van der Waals surface area contributed by atoms with Gasteiger partial charge in [0.15, 0.2) is 9.84 Å². The van der Waals surface area contributed by atoms with Crippen LogP contribution in [0.1, 0.15) is 43.0 Å². The average Bonchev–Trinajstić information content (AvgIpc) is 2.30. The lowest BCUT2D eigenvalue weighted by Gasteiger charge is -2.21. The standard InChI is InChI=1S/C14H23NO2S/c1-5-8-18(16,17)12(4)14(15)13-7-6-10(2)11(3)9-13/h6-7,9,12,14H,5,8,15H2,1-4H3. The summed E-state index contributed by atoms with van der Waals surface area (Å²) < 4.78 is 24.0. The van der Waals surface area contributed by atoms with Crippen molar-refractivity contribution in [1.29, 1.82) is 0 Å². The van der Waals surface area contributed by atoms with E-state index in [4.69, 9.17) is 5.73 Å². The van der Waals surface area contributed by atoms with Gasteiger partial charge in [-0.1, -0.05) is 25.1 Å². The Morgan fingerprint density at radius 1 is 1.22 bits per heavy atom. The zero-order chi connectivity index (χ0) is 13.9. The molecule has 0 fully saturated rings. The highest BCUT2D eigenvalue weighted by molar-refractivity contribution is 7.92. The molecule has 1 aromatic rings. The van der Waals surface area contributed by atoms with Gasteiger partial charge in [0.2, 0.25) is 0 Å². The zero-order valence-corrected chi connectivity index (χ0v) is 12.4. The Balaban J connectivity index is 2.99. The maximum absolute atomic E-state index is 12.0. The quantitative estimate of drug-likeness (QED) is 0.893. The predicted octanol–water partition coefficient (Wildman–Crippen LogP) is 2.52. The van der Waals surface area contributed by atoms with Crippen LogP contribution < -0.4 is 5.73 Å². The van der Waals surface area contributed by atoms with Crippen LogP contribution in [0.25, 0.3) is 0 Å². The van der Waals surface area contributed by atoms with E-state index >= 15 is 0 Å². The molecule has 3 nitrogen and oxygen atoms in total. The highest BCUT2D eigenvalue weighted by Crippen LogP contribution is 2.22. The van der Waals surface area contributed by atoms with Crippen molar-refractivity contribution in [2.75, 3.05) is 5.75 Å². The summed E-state index contributed by atoms with van der Waals surface area (Å²) in [5.41, 5.74) is 9.32. The molecule has 0 aliphatic heterocycles. The molecule has 0 saturated carbocycles. The maximum Gasteiger partial charge on any atom is 0.154 e. The van der Waals surface area contributed by atoms with E-state index in [-0.39, 0.29) is 5.75 Å². The van der Waals surface area contributed by atoms with Crippen molar-refractivity contribution in [3.8, 4) is 0 Å². The summed E-state index contributed by atoms with van der Waals surface area (Å²) in [5.74, 6) is 0.201. The number of hydrogen-bond donors (Lipinski definition) is 1. The normalized spacial score (nSPS) is 15.4. The summed E-state index contributed by atoms with van der Waals surface area (Å²) in [6, 6.07) is 5.44. The van der Waals surface area contributed by atoms with Crippen molar-refractivity contribution in [3.05, 3.63) is 34.9 Å². The van der Waals surface area contributed by atoms with Crippen LogP contribution in [-0.4, -0.2) is 19.4 Å². The van der Waals surface area contributed by atoms with Crippen LogP contribution in [0.2, 0.25) is 0 Å². The minimum Gasteiger partial charge on any atom is -0.323 e. The van der Waals surface area contributed by atoms with Crippen LogP contribution >= 0.6 is 0 Å². The lowest BCUT2D eigenvalue weighted by Crippen LogP contribution is -2.32. The highest BCUT2D eigenvalue weighted by atomic mass is 32.2. The Morgan fingerprint density at radius 3 is 2.33 bits per heavy atom. The Bertz CT molecular complexity index is 509. The first-order chi connectivity index (χ1) is 8.29. The van der Waals surface area contributed by atoms with E-state index in [1.165, 1.54) is 5.56 Å². The molecule has 2 unspecified atom stereocenters. The second-order valence-corrected chi connectivity index (χ2v) is 7.42. The lowest BCUT2D eigenvalue weighted by molar-refractivity contribution is 0.563. The third-order valence-corrected chi connectivity index (χ3v) is 5.88. The van der Waals surface area contributed by atoms with E-state index in [2.05, 4.69) is 0 Å². The summed E-state index contributed by atoms with van der Waals surface area (Å²) in [6.07, 6.45) is 0.631. The van der Waals surface area contributed by atoms with Crippen LogP contribution in [0.3, 0.4) is 0 Å². The highest BCUT2D eigenvalue weighted by Gasteiger charge is 2.27. The molecule has 18 heavy (non-hydrogen) atoms. The van der Waals surface area contributed by atoms with Gasteiger partial charge in [-0.25, -0.2) is 8.42 Å². The van der Waals surface area contributed by atoms with E-state index in [0.717, 1.165) is 11.1 Å². The molecule has 0 spiro atoms. The first-order valence-electron chi connectivity index (χ1n) is 6.34. The van der Waals surface area contributed by atoms with Crippen LogP contribution in [0.4, 0.5) is 0 Å². The van der Waals surface area contributed by atoms with Crippen molar-refractivity contribution >= 4 is 9.84 Å². The molecular formula is C14H23NO2S. The second kappa shape index (κ2) is 5.85. The molecule has 2 atom stereocenters. The monoisotopic (exact) mass is 269 g/mol. The molecule has 2 N–H and O–H groups in total. The summed E-state index contributed by atoms with van der Waals surface area (Å²) in [5, 5.41) is -0.542. The van der Waals surface area contributed by atoms with E-state index in [9.17, 15) is 8.42 Å². The summed E-state index contributed by atoms with van der Waals surface area (Å²) in [7, 11) is -3.11. The van der Waals surface area contributed by atoms with E-state index < -0.39 is 21.1 Å². The molecular weight excluding hydrogens is 246 g/mol. The van der Waals surface area contributed by atoms with E-state index in [1.807, 2.05) is 39.0 Å². The van der Waals surface area contributed by atoms with Crippen molar-refractivity contribution in [1.82, 2.24) is 0 Å². The SMILES string of the molecule is CCCS(=O)(=O)C(C)C(N)c1ccc(C)c(C)c1. The molecule has 4 heteroatoms. The molecule has 102 valence electrons. The topological polar surface area (TPSA) is 60.2 Å². The minimum atomic E-state index is -3.11. The molecule has 1 aromatic carbocycles. The molecule has 0 bridgehead atoms. The smallest absolute Gasteiger partial charge is 0.154 e. The van der Waals surface area contributed by atoms with Gasteiger partial charge >= 0.3 is 0 Å². The van der Waals surface area contributed by atoms with Gasteiger partial charge in [0.25, 0.3) is 0 Å². The van der Waals surface area contributed by atoms with Crippen LogP contribution in [0.5, 0.6) is 0 Å². The Labute approximate surface area is 110 Å². The van der Waals surface area contributed by atoms with Crippen LogP contribution in [-0.2, 0) is 9.84 Å². The second-order valence-electron chi connectivity index (χ2n) is 4.94. The maximum atomic E-state index is 12.0. The summed E-state index contributed by atoms with van der Waals surface area (Å²) >= 11 is 0. The number of benzene rings is 1. The number of nitrogens with two attached hydrogens (primary N) is 1. The van der Waals surface area contributed by atoms with Gasteiger partial charge in [0.05, 0.1) is 11.0 Å². The minimum absolute atomic E-state index is 0.201. The number of aryl methyl sites for hydroxylation is 2. The molecule has 0 saturated heterocycles. The fourth-order valence-electron chi connectivity index (χ4n) is 1.94. The van der Waals surface area contributed by atoms with Gasteiger partial charge in [-0.15, -0.1) is 0 Å². The Kier molecular flexibility index (Phi) is 4.93. The summed E-state index contributed by atoms with van der Waals surface area (Å²) in [6.45, 7) is 7.61. The predicted molar refractivity (Wildman–Crippen MR) is 76.4 cm³/mol. The molecule has 0 heterocycles. The molecule has 0 radical (unpaired) electrons. The molecule has 1 rings (SSSR count). The van der Waals surface area contributed by atoms with Gasteiger partial charge in [0.1, 0.15) is 0 Å². The molecule has 0 aliphatic carbocycles. The molecule has 0 amide bonds. The van der Waals surface area contributed by atoms with E-state index in [1.54, 1.807) is 6.92 Å². The van der Waals surface area contributed by atoms with Crippen molar-refractivity contribution in [2.24, 2.45) is 5.73 Å². The number of sulfone groups is 1. The van der Waals surface area contributed by atoms with Gasteiger partial charge in [-0.05, 0) is 43.9 Å². The molecule has 0 aliphatic rings. The van der Waals surface area contributed by atoms with Gasteiger partial charge in [0, 0.05) is 6.04 Å². The summed E-state index contributed by atoms with van der Waals surface area (Å²) in [4.78, 5) is 0. The van der Waals surface area contributed by atoms with Crippen molar-refractivity contribution in [3.63, 3.8) is 0 Å². The number of hydrogen-bond acceptors (Lipinski definition) is 3. The first-order valence-corrected chi connectivity index (χ1v) is 8.05. The van der Waals surface area contributed by atoms with Crippen molar-refractivity contribution < 1.29 is 8.42 Å². The lowest BCUT2D eigenvalue weighted by atomic mass is 10.00. The van der Waals surface area contributed by atoms with E-state index in [0.29, 0.717) is 6.42 Å². The molecule has 0 aromatic heterocycles. The van der Waals surface area contributed by atoms with Gasteiger partial charge < -0.3 is 5.73 Å². The van der Waals surface area contributed by atoms with Crippen LogP contribution in [0.15, 0.2) is 18.2 Å². The average molecular weight is 269 g/mol. The van der Waals surface area contributed by atoms with Gasteiger partial charge in [-0.3, -0.25) is 0 Å². The van der Waals surface area contributed by atoms with Crippen molar-refractivity contribution in [2.45, 2.75) is 45.4 Å². The fourth-order valence-corrected chi connectivity index (χ4v) is 3.48. The fraction of sp³-hybridized carbons (Fsp3) is 0.571. The first kappa shape index (κ1) is 15.2. The zero-order valence-electron chi connectivity index (χ0n) is 11.6. The number of rotatable bonds is 5.